The van der Waals surface area contributed by atoms with E-state index < -0.39 is 6.04 Å². The molecule has 0 aliphatic rings. The topological polar surface area (TPSA) is 39.2 Å². The van der Waals surface area contributed by atoms with Gasteiger partial charge in [0, 0.05) is 13.4 Å². The number of halogens is 3. The molecule has 2 N–H and O–H groups in total. The highest BCUT2D eigenvalue weighted by atomic mass is 127. The lowest BCUT2D eigenvalue weighted by atomic mass is 10.1. The fourth-order valence-corrected chi connectivity index (χ4v) is 3.12. The van der Waals surface area contributed by atoms with Crippen molar-refractivity contribution in [3.8, 4) is 0 Å². The summed E-state index contributed by atoms with van der Waals surface area (Å²) in [5.41, 5.74) is 7.41. The number of hydrogen-bond donors (Lipinski definition) is 1. The minimum atomic E-state index is -0.439. The van der Waals surface area contributed by atoms with Crippen LogP contribution in [0.2, 0.25) is 0 Å². The molecule has 0 bridgehead atoms. The van der Waals surface area contributed by atoms with Crippen molar-refractivity contribution < 1.29 is 8.81 Å². The van der Waals surface area contributed by atoms with Crippen molar-refractivity contribution in [1.82, 2.24) is 0 Å². The first-order valence-corrected chi connectivity index (χ1v) is 7.82. The van der Waals surface area contributed by atoms with Gasteiger partial charge in [-0.3, -0.25) is 0 Å². The van der Waals surface area contributed by atoms with Crippen molar-refractivity contribution in [1.29, 1.82) is 0 Å². The highest BCUT2D eigenvalue weighted by Crippen LogP contribution is 2.32. The van der Waals surface area contributed by atoms with Gasteiger partial charge in [0.15, 0.2) is 11.4 Å². The van der Waals surface area contributed by atoms with Gasteiger partial charge < -0.3 is 10.2 Å². The molecule has 0 aliphatic heterocycles. The standard InChI is InChI=1S/C15H10BrFINO/c16-11-5-4-9(18)7-10(11)14(19)13-6-8-2-1-3-12(17)15(8)20-13/h1-7,14H,19H2. The maximum absolute atomic E-state index is 13.7. The van der Waals surface area contributed by atoms with E-state index in [1.165, 1.54) is 6.07 Å². The van der Waals surface area contributed by atoms with E-state index in [0.717, 1.165) is 19.0 Å². The molecule has 1 aromatic heterocycles. The number of furan rings is 1. The number of nitrogens with two attached hydrogens (primary N) is 1. The van der Waals surface area contributed by atoms with E-state index in [1.807, 2.05) is 24.3 Å². The van der Waals surface area contributed by atoms with Crippen LogP contribution in [-0.2, 0) is 0 Å². The molecule has 1 heterocycles. The Hall–Kier alpha value is -0.920. The first-order chi connectivity index (χ1) is 9.56. The molecule has 0 saturated carbocycles. The Labute approximate surface area is 137 Å². The van der Waals surface area contributed by atoms with Crippen molar-refractivity contribution in [2.45, 2.75) is 6.04 Å². The summed E-state index contributed by atoms with van der Waals surface area (Å²) in [5.74, 6) is 0.176. The summed E-state index contributed by atoms with van der Waals surface area (Å²) in [5, 5.41) is 0.720. The highest BCUT2D eigenvalue weighted by Gasteiger charge is 2.18. The predicted octanol–water partition coefficient (Wildman–Crippen LogP) is 4.99. The van der Waals surface area contributed by atoms with Gasteiger partial charge in [-0.05, 0) is 58.5 Å². The fraction of sp³-hybridized carbons (Fsp3) is 0.0667. The number of hydrogen-bond acceptors (Lipinski definition) is 2. The van der Waals surface area contributed by atoms with E-state index in [0.29, 0.717) is 5.76 Å². The van der Waals surface area contributed by atoms with Gasteiger partial charge in [-0.15, -0.1) is 0 Å². The average molecular weight is 446 g/mol. The fourth-order valence-electron chi connectivity index (χ4n) is 2.11. The van der Waals surface area contributed by atoms with Gasteiger partial charge in [-0.2, -0.15) is 0 Å². The van der Waals surface area contributed by atoms with Crippen molar-refractivity contribution in [2.75, 3.05) is 0 Å². The molecule has 2 aromatic carbocycles. The molecule has 1 atom stereocenters. The van der Waals surface area contributed by atoms with Crippen LogP contribution in [0.25, 0.3) is 11.0 Å². The van der Waals surface area contributed by atoms with Crippen LogP contribution in [0.15, 0.2) is 51.4 Å². The van der Waals surface area contributed by atoms with Crippen molar-refractivity contribution in [2.24, 2.45) is 5.73 Å². The molecule has 2 nitrogen and oxygen atoms in total. The van der Waals surface area contributed by atoms with Crippen LogP contribution in [0.1, 0.15) is 17.4 Å². The predicted molar refractivity (Wildman–Crippen MR) is 89.1 cm³/mol. The Morgan fingerprint density at radius 2 is 2.00 bits per heavy atom. The molecule has 0 amide bonds. The van der Waals surface area contributed by atoms with Crippen LogP contribution >= 0.6 is 38.5 Å². The lowest BCUT2D eigenvalue weighted by Crippen LogP contribution is -2.11. The molecular formula is C15H10BrFINO. The second kappa shape index (κ2) is 5.46. The van der Waals surface area contributed by atoms with Crippen molar-refractivity contribution in [3.63, 3.8) is 0 Å². The zero-order valence-corrected chi connectivity index (χ0v) is 14.0. The third-order valence-corrected chi connectivity index (χ3v) is 4.51. The third-order valence-electron chi connectivity index (χ3n) is 3.11. The second-order valence-electron chi connectivity index (χ2n) is 4.45. The van der Waals surface area contributed by atoms with E-state index in [2.05, 4.69) is 38.5 Å². The van der Waals surface area contributed by atoms with E-state index >= 15 is 0 Å². The molecule has 3 aromatic rings. The molecule has 0 spiro atoms. The number of rotatable bonds is 2. The van der Waals surface area contributed by atoms with Crippen molar-refractivity contribution in [3.05, 3.63) is 67.6 Å². The van der Waals surface area contributed by atoms with Gasteiger partial charge in [0.1, 0.15) is 5.76 Å². The lowest BCUT2D eigenvalue weighted by molar-refractivity contribution is 0.501. The summed E-state index contributed by atoms with van der Waals surface area (Å²) in [6.07, 6.45) is 0. The molecule has 0 aliphatic carbocycles. The van der Waals surface area contributed by atoms with Gasteiger partial charge in [0.05, 0.1) is 6.04 Å². The molecule has 1 unspecified atom stereocenters. The van der Waals surface area contributed by atoms with Gasteiger partial charge in [-0.25, -0.2) is 4.39 Å². The summed E-state index contributed by atoms with van der Waals surface area (Å²) in [6, 6.07) is 12.1. The van der Waals surface area contributed by atoms with Crippen LogP contribution < -0.4 is 5.73 Å². The van der Waals surface area contributed by atoms with Gasteiger partial charge >= 0.3 is 0 Å². The molecule has 3 rings (SSSR count). The van der Waals surface area contributed by atoms with Gasteiger partial charge in [0.2, 0.25) is 0 Å². The summed E-state index contributed by atoms with van der Waals surface area (Å²) >= 11 is 5.71. The highest BCUT2D eigenvalue weighted by molar-refractivity contribution is 14.1. The summed E-state index contributed by atoms with van der Waals surface area (Å²) in [4.78, 5) is 0. The monoisotopic (exact) mass is 445 g/mol. The molecule has 20 heavy (non-hydrogen) atoms. The largest absolute Gasteiger partial charge is 0.456 e. The molecule has 0 saturated heterocycles. The van der Waals surface area contributed by atoms with Crippen LogP contribution in [0, 0.1) is 9.39 Å². The Bertz CT molecular complexity index is 787. The summed E-state index contributed by atoms with van der Waals surface area (Å²) in [6.45, 7) is 0. The van der Waals surface area contributed by atoms with Crippen molar-refractivity contribution >= 4 is 49.5 Å². The first kappa shape index (κ1) is 14.0. The normalized spacial score (nSPS) is 12.8. The minimum absolute atomic E-state index is 0.250. The number of fused-ring (bicyclic) bond motifs is 1. The van der Waals surface area contributed by atoms with Gasteiger partial charge in [-0.1, -0.05) is 28.1 Å². The summed E-state index contributed by atoms with van der Waals surface area (Å²) < 4.78 is 21.2. The Balaban J connectivity index is 2.10. The maximum Gasteiger partial charge on any atom is 0.169 e. The average Bonchev–Trinajstić information content (AvgIpc) is 2.86. The molecule has 5 heteroatoms. The maximum atomic E-state index is 13.7. The summed E-state index contributed by atoms with van der Waals surface area (Å²) in [7, 11) is 0. The van der Waals surface area contributed by atoms with Crippen LogP contribution in [0.3, 0.4) is 0 Å². The molecular weight excluding hydrogens is 436 g/mol. The smallest absolute Gasteiger partial charge is 0.169 e. The Morgan fingerprint density at radius 3 is 2.75 bits per heavy atom. The molecule has 0 radical (unpaired) electrons. The quantitative estimate of drug-likeness (QED) is 0.564. The zero-order chi connectivity index (χ0) is 14.3. The first-order valence-electron chi connectivity index (χ1n) is 5.95. The van der Waals surface area contributed by atoms with Crippen LogP contribution in [-0.4, -0.2) is 0 Å². The second-order valence-corrected chi connectivity index (χ2v) is 6.55. The Kier molecular flexibility index (Phi) is 3.83. The SMILES string of the molecule is NC(c1cc2cccc(F)c2o1)c1cc(I)ccc1Br. The van der Waals surface area contributed by atoms with E-state index in [1.54, 1.807) is 12.1 Å². The molecule has 102 valence electrons. The van der Waals surface area contributed by atoms with Crippen LogP contribution in [0.5, 0.6) is 0 Å². The third kappa shape index (κ3) is 2.49. The van der Waals surface area contributed by atoms with E-state index in [9.17, 15) is 4.39 Å². The van der Waals surface area contributed by atoms with Crippen LogP contribution in [0.4, 0.5) is 4.39 Å². The van der Waals surface area contributed by atoms with E-state index in [4.69, 9.17) is 10.2 Å². The van der Waals surface area contributed by atoms with E-state index in [-0.39, 0.29) is 11.4 Å². The zero-order valence-electron chi connectivity index (χ0n) is 10.2. The number of para-hydroxylation sites is 1. The van der Waals surface area contributed by atoms with Gasteiger partial charge in [0.25, 0.3) is 0 Å². The minimum Gasteiger partial charge on any atom is -0.456 e. The molecule has 0 fully saturated rings. The lowest BCUT2D eigenvalue weighted by Gasteiger charge is -2.11. The Morgan fingerprint density at radius 1 is 1.20 bits per heavy atom. The number of benzene rings is 2.